The van der Waals surface area contributed by atoms with Crippen LogP contribution >= 0.6 is 0 Å². The molecule has 0 radical (unpaired) electrons. The van der Waals surface area contributed by atoms with Gasteiger partial charge in [-0.15, -0.1) is 0 Å². The molecule has 0 aliphatic heterocycles. The van der Waals surface area contributed by atoms with Gasteiger partial charge < -0.3 is 16.2 Å². The van der Waals surface area contributed by atoms with Gasteiger partial charge in [0.1, 0.15) is 0 Å². The van der Waals surface area contributed by atoms with Gasteiger partial charge in [0.25, 0.3) is 0 Å². The fourth-order valence-electron chi connectivity index (χ4n) is 2.54. The first-order valence-electron chi connectivity index (χ1n) is 5.92. The maximum absolute atomic E-state index is 10.7. The van der Waals surface area contributed by atoms with Crippen LogP contribution in [0.4, 0.5) is 10.5 Å². The molecule has 0 spiro atoms. The topological polar surface area (TPSA) is 88.2 Å². The summed E-state index contributed by atoms with van der Waals surface area (Å²) >= 11 is 0. The highest BCUT2D eigenvalue weighted by molar-refractivity contribution is 5.65. The molecule has 1 aliphatic rings. The Labute approximate surface area is 106 Å². The van der Waals surface area contributed by atoms with Crippen LogP contribution in [0.1, 0.15) is 31.2 Å². The third-order valence-corrected chi connectivity index (χ3v) is 3.23. The van der Waals surface area contributed by atoms with Crippen LogP contribution in [0.3, 0.4) is 0 Å². The molecule has 1 aliphatic carbocycles. The fraction of sp³-hybridized carbons (Fsp3) is 0.385. The summed E-state index contributed by atoms with van der Waals surface area (Å²) in [5.41, 5.74) is 8.83. The van der Waals surface area contributed by atoms with Gasteiger partial charge in [-0.3, -0.25) is 4.98 Å². The molecule has 0 saturated carbocycles. The van der Waals surface area contributed by atoms with Gasteiger partial charge in [0.15, 0.2) is 0 Å². The van der Waals surface area contributed by atoms with Crippen molar-refractivity contribution in [1.29, 1.82) is 0 Å². The van der Waals surface area contributed by atoms with Gasteiger partial charge in [-0.1, -0.05) is 11.6 Å². The SMILES string of the molecule is CC1=C[C@H](NC(=O)O)C[C@H](c2ccncc2N)C1. The Morgan fingerprint density at radius 2 is 2.39 bits per heavy atom. The number of nitrogens with one attached hydrogen (secondary N) is 1. The lowest BCUT2D eigenvalue weighted by molar-refractivity contribution is 0.190. The summed E-state index contributed by atoms with van der Waals surface area (Å²) in [5, 5.41) is 11.3. The molecule has 2 rings (SSSR count). The summed E-state index contributed by atoms with van der Waals surface area (Å²) in [4.78, 5) is 14.7. The van der Waals surface area contributed by atoms with E-state index >= 15 is 0 Å². The number of allylic oxidation sites excluding steroid dienone is 1. The first kappa shape index (κ1) is 12.4. The maximum atomic E-state index is 10.7. The van der Waals surface area contributed by atoms with Gasteiger partial charge in [-0.05, 0) is 37.3 Å². The van der Waals surface area contributed by atoms with Crippen molar-refractivity contribution in [2.75, 3.05) is 5.73 Å². The van der Waals surface area contributed by atoms with Crippen LogP contribution < -0.4 is 11.1 Å². The van der Waals surface area contributed by atoms with E-state index in [1.165, 1.54) is 5.57 Å². The van der Waals surface area contributed by atoms with Crippen LogP contribution in [0.15, 0.2) is 30.1 Å². The molecule has 18 heavy (non-hydrogen) atoms. The quantitative estimate of drug-likeness (QED) is 0.698. The standard InChI is InChI=1S/C13H17N3O2/c1-8-4-9(6-10(5-8)16-13(17)18)11-2-3-15-7-12(11)14/h2-3,5,7,9-10,16H,4,6,14H2,1H3,(H,17,18)/t9-,10+/m1/s1. The van der Waals surface area contributed by atoms with Crippen molar-refractivity contribution in [3.63, 3.8) is 0 Å². The lowest BCUT2D eigenvalue weighted by Gasteiger charge is -2.28. The zero-order valence-corrected chi connectivity index (χ0v) is 10.3. The zero-order valence-electron chi connectivity index (χ0n) is 10.3. The summed E-state index contributed by atoms with van der Waals surface area (Å²) in [6, 6.07) is 1.77. The first-order chi connectivity index (χ1) is 8.56. The monoisotopic (exact) mass is 247 g/mol. The van der Waals surface area contributed by atoms with Crippen LogP contribution in [0.2, 0.25) is 0 Å². The van der Waals surface area contributed by atoms with Crippen molar-refractivity contribution in [2.24, 2.45) is 0 Å². The third kappa shape index (κ3) is 2.80. The number of rotatable bonds is 2. The largest absolute Gasteiger partial charge is 0.465 e. The Morgan fingerprint density at radius 3 is 3.06 bits per heavy atom. The third-order valence-electron chi connectivity index (χ3n) is 3.23. The van der Waals surface area contributed by atoms with Crippen molar-refractivity contribution in [1.82, 2.24) is 10.3 Å². The van der Waals surface area contributed by atoms with E-state index in [9.17, 15) is 4.79 Å². The molecule has 5 heteroatoms. The summed E-state index contributed by atoms with van der Waals surface area (Å²) in [6.45, 7) is 2.01. The van der Waals surface area contributed by atoms with Crippen molar-refractivity contribution in [3.05, 3.63) is 35.7 Å². The minimum atomic E-state index is -0.993. The van der Waals surface area contributed by atoms with Crippen LogP contribution in [0, 0.1) is 0 Å². The van der Waals surface area contributed by atoms with E-state index in [0.29, 0.717) is 5.69 Å². The van der Waals surface area contributed by atoms with E-state index in [0.717, 1.165) is 18.4 Å². The smallest absolute Gasteiger partial charge is 0.405 e. The number of aromatic nitrogens is 1. The summed E-state index contributed by atoms with van der Waals surface area (Å²) in [7, 11) is 0. The minimum absolute atomic E-state index is 0.145. The molecule has 1 aromatic heterocycles. The van der Waals surface area contributed by atoms with Crippen molar-refractivity contribution < 1.29 is 9.90 Å². The summed E-state index contributed by atoms with van der Waals surface area (Å²) in [5.74, 6) is 0.245. The number of nitrogen functional groups attached to an aromatic ring is 1. The molecule has 0 unspecified atom stereocenters. The average molecular weight is 247 g/mol. The second-order valence-electron chi connectivity index (χ2n) is 4.71. The highest BCUT2D eigenvalue weighted by atomic mass is 16.4. The molecule has 5 nitrogen and oxygen atoms in total. The van der Waals surface area contributed by atoms with Gasteiger partial charge in [-0.25, -0.2) is 4.79 Å². The molecule has 1 heterocycles. The van der Waals surface area contributed by atoms with E-state index in [2.05, 4.69) is 10.3 Å². The number of amides is 1. The Hall–Kier alpha value is -2.04. The van der Waals surface area contributed by atoms with Gasteiger partial charge in [0.2, 0.25) is 0 Å². The van der Waals surface area contributed by atoms with E-state index < -0.39 is 6.09 Å². The van der Waals surface area contributed by atoms with Crippen molar-refractivity contribution in [2.45, 2.75) is 31.7 Å². The number of pyridine rings is 1. The summed E-state index contributed by atoms with van der Waals surface area (Å²) < 4.78 is 0. The number of hydrogen-bond donors (Lipinski definition) is 3. The average Bonchev–Trinajstić information content (AvgIpc) is 2.27. The molecule has 2 atom stereocenters. The van der Waals surface area contributed by atoms with Gasteiger partial charge in [0, 0.05) is 6.20 Å². The number of nitrogens with two attached hydrogens (primary N) is 1. The highest BCUT2D eigenvalue weighted by Gasteiger charge is 2.24. The van der Waals surface area contributed by atoms with Crippen molar-refractivity contribution >= 4 is 11.8 Å². The molecule has 4 N–H and O–H groups in total. The van der Waals surface area contributed by atoms with E-state index in [-0.39, 0.29) is 12.0 Å². The van der Waals surface area contributed by atoms with Crippen LogP contribution in [-0.2, 0) is 0 Å². The molecule has 0 bridgehead atoms. The predicted octanol–water partition coefficient (Wildman–Crippen LogP) is 2.12. The molecule has 0 saturated heterocycles. The molecular formula is C13H17N3O2. The van der Waals surface area contributed by atoms with Gasteiger partial charge in [0.05, 0.1) is 17.9 Å². The Morgan fingerprint density at radius 1 is 1.61 bits per heavy atom. The predicted molar refractivity (Wildman–Crippen MR) is 69.3 cm³/mol. The molecule has 0 fully saturated rings. The summed E-state index contributed by atoms with van der Waals surface area (Å²) in [6.07, 6.45) is 5.99. The minimum Gasteiger partial charge on any atom is -0.465 e. The number of nitrogens with zero attached hydrogens (tertiary/aromatic N) is 1. The van der Waals surface area contributed by atoms with E-state index in [4.69, 9.17) is 10.8 Å². The van der Waals surface area contributed by atoms with E-state index in [1.54, 1.807) is 12.4 Å². The lowest BCUT2D eigenvalue weighted by Crippen LogP contribution is -2.35. The molecule has 1 amide bonds. The molecule has 1 aromatic rings. The van der Waals surface area contributed by atoms with E-state index in [1.807, 2.05) is 19.1 Å². The van der Waals surface area contributed by atoms with Gasteiger partial charge >= 0.3 is 6.09 Å². The second kappa shape index (κ2) is 5.08. The number of carboxylic acid groups (broad SMARTS) is 1. The zero-order chi connectivity index (χ0) is 13.1. The number of hydrogen-bond acceptors (Lipinski definition) is 3. The fourth-order valence-corrected chi connectivity index (χ4v) is 2.54. The van der Waals surface area contributed by atoms with Crippen LogP contribution in [0.5, 0.6) is 0 Å². The van der Waals surface area contributed by atoms with Crippen LogP contribution in [0.25, 0.3) is 0 Å². The van der Waals surface area contributed by atoms with Gasteiger partial charge in [-0.2, -0.15) is 0 Å². The number of anilines is 1. The number of carbonyl (C=O) groups is 1. The Balaban J connectivity index is 2.19. The molecule has 96 valence electrons. The first-order valence-corrected chi connectivity index (χ1v) is 5.92. The molecule has 0 aromatic carbocycles. The lowest BCUT2D eigenvalue weighted by atomic mass is 9.82. The second-order valence-corrected chi connectivity index (χ2v) is 4.71. The normalized spacial score (nSPS) is 23.3. The highest BCUT2D eigenvalue weighted by Crippen LogP contribution is 2.35. The Kier molecular flexibility index (Phi) is 3.50. The molecular weight excluding hydrogens is 230 g/mol. The maximum Gasteiger partial charge on any atom is 0.405 e. The van der Waals surface area contributed by atoms with Crippen LogP contribution in [-0.4, -0.2) is 22.2 Å². The van der Waals surface area contributed by atoms with Crippen molar-refractivity contribution in [3.8, 4) is 0 Å². The Bertz CT molecular complexity index is 485.